The summed E-state index contributed by atoms with van der Waals surface area (Å²) in [7, 11) is 1.64. The summed E-state index contributed by atoms with van der Waals surface area (Å²) in [6, 6.07) is 7.68. The predicted molar refractivity (Wildman–Crippen MR) is 132 cm³/mol. The molecule has 4 aromatic rings. The van der Waals surface area contributed by atoms with Gasteiger partial charge in [-0.05, 0) is 49.8 Å². The van der Waals surface area contributed by atoms with Gasteiger partial charge < -0.3 is 15.0 Å². The van der Waals surface area contributed by atoms with Crippen LogP contribution in [0.1, 0.15) is 41.8 Å². The number of thioether (sulfide) groups is 1. The first-order valence-electron chi connectivity index (χ1n) is 10.5. The van der Waals surface area contributed by atoms with E-state index in [2.05, 4.69) is 27.4 Å². The van der Waals surface area contributed by atoms with Crippen LogP contribution in [0.25, 0.3) is 10.2 Å². The molecule has 1 aliphatic carbocycles. The Labute approximate surface area is 197 Å². The number of H-pyrrole nitrogens is 1. The molecule has 166 valence electrons. The van der Waals surface area contributed by atoms with Crippen molar-refractivity contribution >= 4 is 55.5 Å². The Kier molecular flexibility index (Phi) is 5.92. The normalized spacial score (nSPS) is 16.7. The molecule has 0 unspecified atom stereocenters. The molecule has 0 spiro atoms. The number of nitrogens with zero attached hydrogens (tertiary/aromatic N) is 3. The van der Waals surface area contributed by atoms with Crippen LogP contribution in [0.3, 0.4) is 0 Å². The van der Waals surface area contributed by atoms with Gasteiger partial charge in [-0.2, -0.15) is 0 Å². The minimum absolute atomic E-state index is 0.0275. The number of fused-ring (bicyclic) bond motifs is 3. The van der Waals surface area contributed by atoms with Crippen molar-refractivity contribution in [3.05, 3.63) is 50.9 Å². The number of rotatable bonds is 6. The summed E-state index contributed by atoms with van der Waals surface area (Å²) in [5.74, 6) is 2.08. The second kappa shape index (κ2) is 8.84. The van der Waals surface area contributed by atoms with Crippen molar-refractivity contribution in [1.82, 2.24) is 20.2 Å². The van der Waals surface area contributed by atoms with E-state index in [1.54, 1.807) is 18.4 Å². The summed E-state index contributed by atoms with van der Waals surface area (Å²) in [5.41, 5.74) is 2.02. The van der Waals surface area contributed by atoms with Gasteiger partial charge in [0.15, 0.2) is 4.34 Å². The lowest BCUT2D eigenvalue weighted by molar-refractivity contribution is 0.417. The average molecular weight is 486 g/mol. The Morgan fingerprint density at radius 1 is 1.28 bits per heavy atom. The van der Waals surface area contributed by atoms with Gasteiger partial charge >= 0.3 is 0 Å². The highest BCUT2D eigenvalue weighted by Crippen LogP contribution is 2.39. The number of hydrogen-bond acceptors (Lipinski definition) is 9. The molecule has 0 fully saturated rings. The first-order chi connectivity index (χ1) is 15.5. The molecule has 5 rings (SSSR count). The summed E-state index contributed by atoms with van der Waals surface area (Å²) >= 11 is 4.67. The summed E-state index contributed by atoms with van der Waals surface area (Å²) in [6.07, 6.45) is 3.15. The van der Waals surface area contributed by atoms with E-state index in [0.717, 1.165) is 45.3 Å². The highest BCUT2D eigenvalue weighted by molar-refractivity contribution is 8.01. The van der Waals surface area contributed by atoms with Gasteiger partial charge in [0.1, 0.15) is 16.4 Å². The van der Waals surface area contributed by atoms with Gasteiger partial charge in [-0.3, -0.25) is 4.79 Å². The number of para-hydroxylation sites is 2. The first-order valence-corrected chi connectivity index (χ1v) is 13.0. The molecule has 10 heteroatoms. The van der Waals surface area contributed by atoms with E-state index in [1.807, 2.05) is 31.2 Å². The van der Waals surface area contributed by atoms with Gasteiger partial charge in [-0.15, -0.1) is 21.5 Å². The summed E-state index contributed by atoms with van der Waals surface area (Å²) in [4.78, 5) is 22.9. The first kappa shape index (κ1) is 21.4. The van der Waals surface area contributed by atoms with E-state index in [-0.39, 0.29) is 10.8 Å². The van der Waals surface area contributed by atoms with Crippen molar-refractivity contribution in [2.75, 3.05) is 12.4 Å². The number of aromatic nitrogens is 4. The van der Waals surface area contributed by atoms with Gasteiger partial charge in [0.2, 0.25) is 5.13 Å². The molecule has 3 aromatic heterocycles. The Balaban J connectivity index is 1.35. The zero-order chi connectivity index (χ0) is 22.2. The molecule has 3 heterocycles. The van der Waals surface area contributed by atoms with E-state index in [1.165, 1.54) is 33.5 Å². The summed E-state index contributed by atoms with van der Waals surface area (Å²) in [5, 5.41) is 13.2. The minimum atomic E-state index is -0.0581. The zero-order valence-electron chi connectivity index (χ0n) is 18.0. The lowest BCUT2D eigenvalue weighted by Crippen LogP contribution is -2.15. The second-order valence-electron chi connectivity index (χ2n) is 7.94. The van der Waals surface area contributed by atoms with Crippen LogP contribution in [0, 0.1) is 5.92 Å². The molecule has 0 radical (unpaired) electrons. The molecule has 0 aliphatic heterocycles. The maximum atomic E-state index is 12.9. The van der Waals surface area contributed by atoms with Crippen molar-refractivity contribution in [1.29, 1.82) is 0 Å². The van der Waals surface area contributed by atoms with Crippen LogP contribution < -0.4 is 15.6 Å². The van der Waals surface area contributed by atoms with E-state index in [9.17, 15) is 4.79 Å². The van der Waals surface area contributed by atoms with Crippen molar-refractivity contribution in [2.45, 2.75) is 42.7 Å². The summed E-state index contributed by atoms with van der Waals surface area (Å²) < 4.78 is 6.18. The van der Waals surface area contributed by atoms with Gasteiger partial charge in [-0.25, -0.2) is 4.98 Å². The van der Waals surface area contributed by atoms with E-state index >= 15 is 0 Å². The predicted octanol–water partition coefficient (Wildman–Crippen LogP) is 5.57. The van der Waals surface area contributed by atoms with Crippen LogP contribution in [0.5, 0.6) is 5.75 Å². The molecule has 32 heavy (non-hydrogen) atoms. The SMILES string of the molecule is COc1ccccc1Nc1nnc(S[C@@H](C)c2nc3sc4c(c3c(=O)[nH]2)CC[C@@H](C)C4)s1. The fourth-order valence-electron chi connectivity index (χ4n) is 3.94. The van der Waals surface area contributed by atoms with Gasteiger partial charge in [0.05, 0.1) is 23.4 Å². The molecule has 0 bridgehead atoms. The van der Waals surface area contributed by atoms with Crippen LogP contribution in [-0.2, 0) is 12.8 Å². The lowest BCUT2D eigenvalue weighted by Gasteiger charge is -2.17. The molecular weight excluding hydrogens is 462 g/mol. The maximum absolute atomic E-state index is 12.9. The van der Waals surface area contributed by atoms with Gasteiger partial charge in [-0.1, -0.05) is 42.2 Å². The zero-order valence-corrected chi connectivity index (χ0v) is 20.4. The van der Waals surface area contributed by atoms with Crippen molar-refractivity contribution in [3.63, 3.8) is 0 Å². The smallest absolute Gasteiger partial charge is 0.259 e. The average Bonchev–Trinajstić information content (AvgIpc) is 3.37. The Bertz CT molecular complexity index is 1330. The van der Waals surface area contributed by atoms with Crippen molar-refractivity contribution in [3.8, 4) is 5.75 Å². The Hall–Kier alpha value is -2.43. The molecule has 0 amide bonds. The fraction of sp³-hybridized carbons (Fsp3) is 0.364. The number of anilines is 2. The largest absolute Gasteiger partial charge is 0.495 e. The number of aryl methyl sites for hydroxylation is 1. The van der Waals surface area contributed by atoms with Crippen LogP contribution >= 0.6 is 34.4 Å². The monoisotopic (exact) mass is 485 g/mol. The quantitative estimate of drug-likeness (QED) is 0.345. The van der Waals surface area contributed by atoms with E-state index in [0.29, 0.717) is 16.9 Å². The highest BCUT2D eigenvalue weighted by Gasteiger charge is 2.24. The molecule has 2 N–H and O–H groups in total. The third-order valence-corrected chi connectivity index (χ3v) is 8.78. The van der Waals surface area contributed by atoms with E-state index < -0.39 is 0 Å². The minimum Gasteiger partial charge on any atom is -0.495 e. The van der Waals surface area contributed by atoms with Crippen LogP contribution in [0.4, 0.5) is 10.8 Å². The number of benzene rings is 1. The van der Waals surface area contributed by atoms with Crippen molar-refractivity contribution < 1.29 is 4.74 Å². The topological polar surface area (TPSA) is 92.8 Å². The van der Waals surface area contributed by atoms with E-state index in [4.69, 9.17) is 9.72 Å². The molecule has 1 aromatic carbocycles. The van der Waals surface area contributed by atoms with Crippen LogP contribution in [0.2, 0.25) is 0 Å². The fourth-order valence-corrected chi connectivity index (χ4v) is 7.29. The molecular formula is C22H23N5O2S3. The number of thiophene rings is 1. The third kappa shape index (κ3) is 4.14. The molecule has 1 aliphatic rings. The molecule has 0 saturated heterocycles. The third-order valence-electron chi connectivity index (χ3n) is 5.60. The number of ether oxygens (including phenoxy) is 1. The Morgan fingerprint density at radius 2 is 2.12 bits per heavy atom. The van der Waals surface area contributed by atoms with Crippen LogP contribution in [-0.4, -0.2) is 27.3 Å². The lowest BCUT2D eigenvalue weighted by atomic mass is 9.89. The standard InChI is InChI=1S/C22H23N5O2S3/c1-11-8-9-13-16(10-11)31-20-17(13)19(28)24-18(25-20)12(2)30-22-27-26-21(32-22)23-14-6-4-5-7-15(14)29-3/h4-7,11-12H,8-10H2,1-3H3,(H,23,26)(H,24,25,28)/t11-,12+/m1/s1. The van der Waals surface area contributed by atoms with Gasteiger partial charge in [0.25, 0.3) is 5.56 Å². The maximum Gasteiger partial charge on any atom is 0.259 e. The Morgan fingerprint density at radius 3 is 2.97 bits per heavy atom. The second-order valence-corrected chi connectivity index (χ2v) is 11.6. The number of methoxy groups -OCH3 is 1. The highest BCUT2D eigenvalue weighted by atomic mass is 32.2. The van der Waals surface area contributed by atoms with Crippen LogP contribution in [0.15, 0.2) is 33.4 Å². The van der Waals surface area contributed by atoms with Gasteiger partial charge in [0, 0.05) is 4.88 Å². The summed E-state index contributed by atoms with van der Waals surface area (Å²) in [6.45, 7) is 4.30. The number of hydrogen-bond donors (Lipinski definition) is 2. The van der Waals surface area contributed by atoms with Crippen molar-refractivity contribution in [2.24, 2.45) is 5.92 Å². The molecule has 2 atom stereocenters. The molecule has 0 saturated carbocycles. The molecule has 7 nitrogen and oxygen atoms in total. The number of nitrogens with one attached hydrogen (secondary N) is 2. The number of aromatic amines is 1.